The van der Waals surface area contributed by atoms with Gasteiger partial charge in [0, 0.05) is 18.5 Å². The summed E-state index contributed by atoms with van der Waals surface area (Å²) in [5, 5.41) is 5.70. The third-order valence-electron chi connectivity index (χ3n) is 4.22. The van der Waals surface area contributed by atoms with Gasteiger partial charge in [0.1, 0.15) is 0 Å². The SMILES string of the molecule is CCC(CC)O[C@@H]1C=C(C(=O)OC(C)NC)C[C@H](N)[C@H]1NC(C)=O. The van der Waals surface area contributed by atoms with Crippen LogP contribution in [0.3, 0.4) is 0 Å². The Labute approximate surface area is 144 Å². The van der Waals surface area contributed by atoms with Crippen molar-refractivity contribution < 1.29 is 19.1 Å². The summed E-state index contributed by atoms with van der Waals surface area (Å²) < 4.78 is 11.4. The van der Waals surface area contributed by atoms with Gasteiger partial charge < -0.3 is 20.5 Å². The maximum Gasteiger partial charge on any atom is 0.335 e. The molecule has 0 saturated heterocycles. The van der Waals surface area contributed by atoms with Crippen LogP contribution < -0.4 is 16.4 Å². The average molecular weight is 341 g/mol. The summed E-state index contributed by atoms with van der Waals surface area (Å²) in [6.45, 7) is 7.28. The molecular weight excluding hydrogens is 310 g/mol. The van der Waals surface area contributed by atoms with Gasteiger partial charge in [-0.1, -0.05) is 13.8 Å². The summed E-state index contributed by atoms with van der Waals surface area (Å²) in [7, 11) is 1.71. The highest BCUT2D eigenvalue weighted by molar-refractivity contribution is 5.89. The fraction of sp³-hybridized carbons (Fsp3) is 0.765. The summed E-state index contributed by atoms with van der Waals surface area (Å²) in [5.41, 5.74) is 6.70. The quantitative estimate of drug-likeness (QED) is 0.446. The van der Waals surface area contributed by atoms with E-state index in [9.17, 15) is 9.59 Å². The summed E-state index contributed by atoms with van der Waals surface area (Å²) >= 11 is 0. The van der Waals surface area contributed by atoms with E-state index >= 15 is 0 Å². The van der Waals surface area contributed by atoms with E-state index in [4.69, 9.17) is 15.2 Å². The highest BCUT2D eigenvalue weighted by atomic mass is 16.6. The minimum atomic E-state index is -0.449. The summed E-state index contributed by atoms with van der Waals surface area (Å²) in [5.74, 6) is -0.580. The largest absolute Gasteiger partial charge is 0.444 e. The van der Waals surface area contributed by atoms with Crippen LogP contribution in [0.2, 0.25) is 0 Å². The molecule has 1 rings (SSSR count). The maximum atomic E-state index is 12.3. The van der Waals surface area contributed by atoms with Gasteiger partial charge in [-0.25, -0.2) is 4.79 Å². The number of amides is 1. The first kappa shape index (κ1) is 20.6. The summed E-state index contributed by atoms with van der Waals surface area (Å²) in [4.78, 5) is 23.8. The second kappa shape index (κ2) is 9.76. The van der Waals surface area contributed by atoms with E-state index in [-0.39, 0.29) is 24.3 Å². The van der Waals surface area contributed by atoms with Crippen LogP contribution >= 0.6 is 0 Å². The Hall–Kier alpha value is -1.44. The number of ether oxygens (including phenoxy) is 2. The van der Waals surface area contributed by atoms with E-state index in [1.165, 1.54) is 6.92 Å². The van der Waals surface area contributed by atoms with Crippen molar-refractivity contribution in [3.05, 3.63) is 11.6 Å². The Balaban J connectivity index is 2.99. The van der Waals surface area contributed by atoms with Crippen molar-refractivity contribution in [3.63, 3.8) is 0 Å². The average Bonchev–Trinajstić information content (AvgIpc) is 2.54. The van der Waals surface area contributed by atoms with Gasteiger partial charge in [-0.05, 0) is 39.3 Å². The molecule has 1 aliphatic carbocycles. The van der Waals surface area contributed by atoms with E-state index in [0.717, 1.165) is 12.8 Å². The molecule has 4 N–H and O–H groups in total. The monoisotopic (exact) mass is 341 g/mol. The number of nitrogens with two attached hydrogens (primary N) is 1. The number of carbonyl (C=O) groups is 2. The second-order valence-electron chi connectivity index (χ2n) is 6.16. The number of carbonyl (C=O) groups excluding carboxylic acids is 2. The Bertz CT molecular complexity index is 463. The number of esters is 1. The fourth-order valence-electron chi connectivity index (χ4n) is 2.69. The number of hydrogen-bond donors (Lipinski definition) is 3. The van der Waals surface area contributed by atoms with Crippen LogP contribution in [-0.4, -0.2) is 49.4 Å². The molecule has 0 spiro atoms. The number of nitrogens with one attached hydrogen (secondary N) is 2. The molecule has 7 nitrogen and oxygen atoms in total. The lowest BCUT2D eigenvalue weighted by Crippen LogP contribution is -2.57. The van der Waals surface area contributed by atoms with Gasteiger partial charge in [-0.15, -0.1) is 0 Å². The van der Waals surface area contributed by atoms with E-state index in [2.05, 4.69) is 10.6 Å². The maximum absolute atomic E-state index is 12.3. The molecule has 24 heavy (non-hydrogen) atoms. The number of rotatable bonds is 8. The van der Waals surface area contributed by atoms with Crippen molar-refractivity contribution in [2.24, 2.45) is 5.73 Å². The van der Waals surface area contributed by atoms with E-state index < -0.39 is 18.1 Å². The van der Waals surface area contributed by atoms with Gasteiger partial charge in [0.2, 0.25) is 5.91 Å². The van der Waals surface area contributed by atoms with Crippen LogP contribution in [0, 0.1) is 0 Å². The normalized spacial score (nSPS) is 25.1. The Morgan fingerprint density at radius 1 is 1.38 bits per heavy atom. The molecule has 0 aromatic heterocycles. The van der Waals surface area contributed by atoms with Gasteiger partial charge in [0.15, 0.2) is 6.23 Å². The predicted molar refractivity (Wildman–Crippen MR) is 92.1 cm³/mol. The lowest BCUT2D eigenvalue weighted by Gasteiger charge is -2.36. The third-order valence-corrected chi connectivity index (χ3v) is 4.22. The first-order valence-corrected chi connectivity index (χ1v) is 8.59. The lowest BCUT2D eigenvalue weighted by molar-refractivity contribution is -0.145. The minimum Gasteiger partial charge on any atom is -0.444 e. The van der Waals surface area contributed by atoms with Crippen LogP contribution in [-0.2, 0) is 19.1 Å². The second-order valence-corrected chi connectivity index (χ2v) is 6.16. The highest BCUT2D eigenvalue weighted by Crippen LogP contribution is 2.24. The molecule has 1 aliphatic rings. The van der Waals surface area contributed by atoms with Gasteiger partial charge in [-0.2, -0.15) is 0 Å². The molecule has 1 unspecified atom stereocenters. The smallest absolute Gasteiger partial charge is 0.335 e. The zero-order valence-electron chi connectivity index (χ0n) is 15.3. The highest BCUT2D eigenvalue weighted by Gasteiger charge is 2.36. The zero-order chi connectivity index (χ0) is 18.3. The van der Waals surface area contributed by atoms with Gasteiger partial charge in [-0.3, -0.25) is 10.1 Å². The van der Waals surface area contributed by atoms with Crippen LogP contribution in [0.25, 0.3) is 0 Å². The number of hydrogen-bond acceptors (Lipinski definition) is 6. The predicted octanol–water partition coefficient (Wildman–Crippen LogP) is 0.831. The van der Waals surface area contributed by atoms with Crippen molar-refractivity contribution in [2.45, 2.75) is 77.5 Å². The van der Waals surface area contributed by atoms with E-state index in [1.54, 1.807) is 20.0 Å². The molecule has 0 saturated carbocycles. The van der Waals surface area contributed by atoms with Crippen molar-refractivity contribution in [2.75, 3.05) is 7.05 Å². The van der Waals surface area contributed by atoms with E-state index in [1.807, 2.05) is 13.8 Å². The summed E-state index contributed by atoms with van der Waals surface area (Å²) in [6, 6.07) is -0.771. The molecule has 0 aliphatic heterocycles. The van der Waals surface area contributed by atoms with E-state index in [0.29, 0.717) is 12.0 Å². The molecule has 0 aromatic carbocycles. The van der Waals surface area contributed by atoms with Crippen LogP contribution in [0.15, 0.2) is 11.6 Å². The zero-order valence-corrected chi connectivity index (χ0v) is 15.3. The van der Waals surface area contributed by atoms with Crippen molar-refractivity contribution in [1.29, 1.82) is 0 Å². The Morgan fingerprint density at radius 3 is 2.50 bits per heavy atom. The molecule has 0 heterocycles. The molecule has 0 aromatic rings. The van der Waals surface area contributed by atoms with Crippen LogP contribution in [0.4, 0.5) is 0 Å². The molecule has 138 valence electrons. The first-order valence-electron chi connectivity index (χ1n) is 8.59. The van der Waals surface area contributed by atoms with Gasteiger partial charge >= 0.3 is 5.97 Å². The van der Waals surface area contributed by atoms with Crippen LogP contribution in [0.5, 0.6) is 0 Å². The minimum absolute atomic E-state index is 0.0429. The molecule has 7 heteroatoms. The molecule has 0 bridgehead atoms. The lowest BCUT2D eigenvalue weighted by atomic mass is 9.88. The van der Waals surface area contributed by atoms with Crippen molar-refractivity contribution in [3.8, 4) is 0 Å². The molecule has 0 fully saturated rings. The molecule has 0 radical (unpaired) electrons. The topological polar surface area (TPSA) is 103 Å². The Kier molecular flexibility index (Phi) is 8.38. The van der Waals surface area contributed by atoms with Crippen LogP contribution in [0.1, 0.15) is 47.0 Å². The fourth-order valence-corrected chi connectivity index (χ4v) is 2.69. The standard InChI is InChI=1S/C17H31N3O4/c1-6-13(7-2)24-15-9-12(17(22)23-11(4)19-5)8-14(18)16(15)20-10(3)21/h9,11,13-16,19H,6-8,18H2,1-5H3,(H,20,21)/t11?,14-,15+,16+/m0/s1. The Morgan fingerprint density at radius 2 is 2.00 bits per heavy atom. The summed E-state index contributed by atoms with van der Waals surface area (Å²) in [6.07, 6.45) is 2.98. The van der Waals surface area contributed by atoms with Crippen molar-refractivity contribution >= 4 is 11.9 Å². The van der Waals surface area contributed by atoms with Gasteiger partial charge in [0.05, 0.1) is 18.2 Å². The van der Waals surface area contributed by atoms with Gasteiger partial charge in [0.25, 0.3) is 0 Å². The third kappa shape index (κ3) is 5.89. The first-order chi connectivity index (χ1) is 11.3. The van der Waals surface area contributed by atoms with Crippen molar-refractivity contribution in [1.82, 2.24) is 10.6 Å². The molecular formula is C17H31N3O4. The molecule has 4 atom stereocenters. The molecule has 1 amide bonds.